The molecule has 0 unspecified atom stereocenters. The van der Waals surface area contributed by atoms with Crippen molar-refractivity contribution in [2.75, 3.05) is 13.7 Å². The van der Waals surface area contributed by atoms with Crippen molar-refractivity contribution in [2.24, 2.45) is 11.8 Å². The summed E-state index contributed by atoms with van der Waals surface area (Å²) in [5, 5.41) is 2.71. The van der Waals surface area contributed by atoms with E-state index in [0.29, 0.717) is 6.54 Å². The molecule has 1 aromatic carbocycles. The van der Waals surface area contributed by atoms with Crippen molar-refractivity contribution in [3.8, 4) is 5.75 Å². The fourth-order valence-corrected chi connectivity index (χ4v) is 4.04. The summed E-state index contributed by atoms with van der Waals surface area (Å²) in [5.74, 6) is -1.13. The summed E-state index contributed by atoms with van der Waals surface area (Å²) in [6.45, 7) is 1.79. The van der Waals surface area contributed by atoms with E-state index in [0.717, 1.165) is 37.0 Å². The number of likely N-dealkylation sites (tertiary alicyclic amines) is 1. The topological polar surface area (TPSA) is 102 Å². The molecule has 8 heteroatoms. The molecule has 1 heterocycles. The van der Waals surface area contributed by atoms with Crippen LogP contribution in [0.3, 0.4) is 0 Å². The van der Waals surface area contributed by atoms with Crippen molar-refractivity contribution in [1.29, 1.82) is 0 Å². The lowest BCUT2D eigenvalue weighted by Crippen LogP contribution is -2.37. The number of nitrogens with zero attached hydrogens (tertiary/aromatic N) is 1. The number of ether oxygens (including phenoxy) is 2. The molecule has 162 valence electrons. The number of amides is 3. The second-order valence-corrected chi connectivity index (χ2v) is 7.77. The van der Waals surface area contributed by atoms with Crippen molar-refractivity contribution in [1.82, 2.24) is 10.2 Å². The third-order valence-electron chi connectivity index (χ3n) is 5.78. The molecule has 1 saturated carbocycles. The Morgan fingerprint density at radius 3 is 2.27 bits per heavy atom. The SMILES string of the molecule is COc1ccc(CNC(=O)[C@H](C)OC(=O)CCN2C(=O)[C@@H]3CCCC[C@H]3C2=O)cc1. The van der Waals surface area contributed by atoms with Gasteiger partial charge in [0.1, 0.15) is 5.75 Å². The van der Waals surface area contributed by atoms with E-state index in [9.17, 15) is 19.2 Å². The Hall–Kier alpha value is -2.90. The molecule has 1 N–H and O–H groups in total. The summed E-state index contributed by atoms with van der Waals surface area (Å²) in [4.78, 5) is 50.4. The zero-order valence-electron chi connectivity index (χ0n) is 17.4. The standard InChI is InChI=1S/C22H28N2O6/c1-14(20(26)23-13-15-7-9-16(29-2)10-8-15)30-19(25)11-12-24-21(27)17-5-3-4-6-18(17)22(24)28/h7-10,14,17-18H,3-6,11-13H2,1-2H3,(H,23,26)/t14-,17+,18+/m0/s1. The molecule has 8 nitrogen and oxygen atoms in total. The highest BCUT2D eigenvalue weighted by Crippen LogP contribution is 2.37. The van der Waals surface area contributed by atoms with Gasteiger partial charge < -0.3 is 14.8 Å². The molecule has 0 aromatic heterocycles. The van der Waals surface area contributed by atoms with Crippen molar-refractivity contribution in [3.05, 3.63) is 29.8 Å². The van der Waals surface area contributed by atoms with E-state index in [2.05, 4.69) is 5.32 Å². The fourth-order valence-electron chi connectivity index (χ4n) is 4.04. The number of nitrogens with one attached hydrogen (secondary N) is 1. The molecule has 0 radical (unpaired) electrons. The number of fused-ring (bicyclic) bond motifs is 1. The molecule has 1 aromatic rings. The number of benzene rings is 1. The van der Waals surface area contributed by atoms with Crippen LogP contribution >= 0.6 is 0 Å². The van der Waals surface area contributed by atoms with E-state index < -0.39 is 18.0 Å². The first-order chi connectivity index (χ1) is 14.4. The quantitative estimate of drug-likeness (QED) is 0.512. The van der Waals surface area contributed by atoms with Crippen LogP contribution in [0.2, 0.25) is 0 Å². The predicted molar refractivity (Wildman–Crippen MR) is 107 cm³/mol. The third kappa shape index (κ3) is 4.98. The Labute approximate surface area is 175 Å². The smallest absolute Gasteiger partial charge is 0.308 e. The van der Waals surface area contributed by atoms with Gasteiger partial charge in [0.15, 0.2) is 6.10 Å². The van der Waals surface area contributed by atoms with Gasteiger partial charge in [0.25, 0.3) is 5.91 Å². The average molecular weight is 416 g/mol. The van der Waals surface area contributed by atoms with E-state index in [4.69, 9.17) is 9.47 Å². The summed E-state index contributed by atoms with van der Waals surface area (Å²) >= 11 is 0. The Bertz CT molecular complexity index is 782. The predicted octanol–water partition coefficient (Wildman–Crippen LogP) is 1.81. The Morgan fingerprint density at radius 2 is 1.70 bits per heavy atom. The maximum Gasteiger partial charge on any atom is 0.308 e. The van der Waals surface area contributed by atoms with Crippen LogP contribution in [0.5, 0.6) is 5.75 Å². The molecular formula is C22H28N2O6. The molecule has 0 bridgehead atoms. The molecule has 0 spiro atoms. The normalized spacial score (nSPS) is 21.7. The first kappa shape index (κ1) is 21.8. The van der Waals surface area contributed by atoms with Gasteiger partial charge in [-0.15, -0.1) is 0 Å². The number of hydrogen-bond donors (Lipinski definition) is 1. The molecule has 1 saturated heterocycles. The van der Waals surface area contributed by atoms with Gasteiger partial charge in [-0.3, -0.25) is 24.1 Å². The summed E-state index contributed by atoms with van der Waals surface area (Å²) in [6.07, 6.45) is 2.30. The van der Waals surface area contributed by atoms with Crippen molar-refractivity contribution >= 4 is 23.7 Å². The van der Waals surface area contributed by atoms with Crippen LogP contribution < -0.4 is 10.1 Å². The third-order valence-corrected chi connectivity index (χ3v) is 5.78. The van der Waals surface area contributed by atoms with E-state index in [1.807, 2.05) is 12.1 Å². The second kappa shape index (κ2) is 9.73. The maximum atomic E-state index is 12.4. The Balaban J connectivity index is 1.42. The largest absolute Gasteiger partial charge is 0.497 e. The summed E-state index contributed by atoms with van der Waals surface area (Å²) < 4.78 is 10.3. The van der Waals surface area contributed by atoms with E-state index in [1.54, 1.807) is 19.2 Å². The molecule has 1 aliphatic carbocycles. The number of carbonyl (C=O) groups excluding carboxylic acids is 4. The number of hydrogen-bond acceptors (Lipinski definition) is 6. The van der Waals surface area contributed by atoms with Gasteiger partial charge in [0.05, 0.1) is 25.4 Å². The van der Waals surface area contributed by atoms with Crippen molar-refractivity contribution < 1.29 is 28.7 Å². The molecule has 3 amide bonds. The second-order valence-electron chi connectivity index (χ2n) is 7.77. The van der Waals surface area contributed by atoms with Gasteiger partial charge in [-0.2, -0.15) is 0 Å². The monoisotopic (exact) mass is 416 g/mol. The van der Waals surface area contributed by atoms with Gasteiger partial charge in [-0.05, 0) is 37.5 Å². The Morgan fingerprint density at radius 1 is 1.10 bits per heavy atom. The van der Waals surface area contributed by atoms with Crippen LogP contribution in [0.15, 0.2) is 24.3 Å². The van der Waals surface area contributed by atoms with Crippen LogP contribution in [0.25, 0.3) is 0 Å². The first-order valence-corrected chi connectivity index (χ1v) is 10.4. The minimum atomic E-state index is -0.969. The molecule has 2 aliphatic rings. The molecular weight excluding hydrogens is 388 g/mol. The first-order valence-electron chi connectivity index (χ1n) is 10.4. The minimum absolute atomic E-state index is 0.00366. The average Bonchev–Trinajstić information content (AvgIpc) is 3.01. The highest BCUT2D eigenvalue weighted by molar-refractivity contribution is 6.05. The number of esters is 1. The summed E-state index contributed by atoms with van der Waals surface area (Å²) in [5.41, 5.74) is 0.884. The highest BCUT2D eigenvalue weighted by Gasteiger charge is 2.47. The zero-order chi connectivity index (χ0) is 21.7. The number of rotatable bonds is 8. The van der Waals surface area contributed by atoms with Crippen LogP contribution in [0.1, 0.15) is 44.6 Å². The van der Waals surface area contributed by atoms with Gasteiger partial charge >= 0.3 is 5.97 Å². The number of imide groups is 1. The van der Waals surface area contributed by atoms with E-state index in [-0.39, 0.29) is 36.6 Å². The van der Waals surface area contributed by atoms with Gasteiger partial charge in [-0.25, -0.2) is 0 Å². The van der Waals surface area contributed by atoms with Crippen LogP contribution in [0, 0.1) is 11.8 Å². The van der Waals surface area contributed by atoms with Crippen LogP contribution in [-0.4, -0.2) is 48.3 Å². The lowest BCUT2D eigenvalue weighted by atomic mass is 9.81. The van der Waals surface area contributed by atoms with Crippen molar-refractivity contribution in [3.63, 3.8) is 0 Å². The lowest BCUT2D eigenvalue weighted by Gasteiger charge is -2.19. The molecule has 3 rings (SSSR count). The van der Waals surface area contributed by atoms with Gasteiger partial charge in [-0.1, -0.05) is 25.0 Å². The minimum Gasteiger partial charge on any atom is -0.497 e. The van der Waals surface area contributed by atoms with E-state index >= 15 is 0 Å². The molecule has 3 atom stereocenters. The molecule has 30 heavy (non-hydrogen) atoms. The van der Waals surface area contributed by atoms with Crippen molar-refractivity contribution in [2.45, 2.75) is 51.7 Å². The van der Waals surface area contributed by atoms with E-state index in [1.165, 1.54) is 11.8 Å². The molecule has 1 aliphatic heterocycles. The highest BCUT2D eigenvalue weighted by atomic mass is 16.5. The summed E-state index contributed by atoms with van der Waals surface area (Å²) in [7, 11) is 1.58. The van der Waals surface area contributed by atoms with Gasteiger partial charge in [0, 0.05) is 13.1 Å². The Kier molecular flexibility index (Phi) is 7.07. The molecule has 2 fully saturated rings. The number of methoxy groups -OCH3 is 1. The van der Waals surface area contributed by atoms with Gasteiger partial charge in [0.2, 0.25) is 11.8 Å². The summed E-state index contributed by atoms with van der Waals surface area (Å²) in [6, 6.07) is 7.25. The fraction of sp³-hybridized carbons (Fsp3) is 0.545. The lowest BCUT2D eigenvalue weighted by molar-refractivity contribution is -0.155. The van der Waals surface area contributed by atoms with Crippen LogP contribution in [-0.2, 0) is 30.5 Å². The zero-order valence-corrected chi connectivity index (χ0v) is 17.4. The maximum absolute atomic E-state index is 12.4. The van der Waals surface area contributed by atoms with Crippen LogP contribution in [0.4, 0.5) is 0 Å². The number of carbonyl (C=O) groups is 4.